The van der Waals surface area contributed by atoms with Gasteiger partial charge in [0.1, 0.15) is 5.54 Å². The van der Waals surface area contributed by atoms with E-state index >= 15 is 0 Å². The Balaban J connectivity index is 1.69. The van der Waals surface area contributed by atoms with Gasteiger partial charge in [0.25, 0.3) is 5.91 Å². The minimum Gasteiger partial charge on any atom is -0.480 e. The van der Waals surface area contributed by atoms with E-state index in [9.17, 15) is 14.7 Å². The number of aliphatic carboxylic acids is 1. The van der Waals surface area contributed by atoms with Crippen molar-refractivity contribution >= 4 is 11.9 Å². The SMILES string of the molecule is O=C(NC1(C(=O)O)CCC1)c1nn(-c2ccccc2)c2c1CCC2. The number of aromatic nitrogens is 2. The van der Waals surface area contributed by atoms with Crippen LogP contribution in [0.25, 0.3) is 5.69 Å². The van der Waals surface area contributed by atoms with Gasteiger partial charge in [-0.1, -0.05) is 18.2 Å². The third-order valence-corrected chi connectivity index (χ3v) is 5.12. The highest BCUT2D eigenvalue weighted by Crippen LogP contribution is 2.33. The van der Waals surface area contributed by atoms with Crippen LogP contribution in [0.1, 0.15) is 47.4 Å². The lowest BCUT2D eigenvalue weighted by Gasteiger charge is -2.38. The van der Waals surface area contributed by atoms with Gasteiger partial charge in [-0.25, -0.2) is 9.48 Å². The van der Waals surface area contributed by atoms with Crippen LogP contribution in [0.3, 0.4) is 0 Å². The van der Waals surface area contributed by atoms with Crippen LogP contribution in [0.15, 0.2) is 30.3 Å². The summed E-state index contributed by atoms with van der Waals surface area (Å²) in [4.78, 5) is 24.2. The van der Waals surface area contributed by atoms with Gasteiger partial charge in [0.2, 0.25) is 0 Å². The second-order valence-electron chi connectivity index (χ2n) is 6.57. The van der Waals surface area contributed by atoms with Crippen LogP contribution in [-0.2, 0) is 17.6 Å². The maximum atomic E-state index is 12.7. The first-order valence-corrected chi connectivity index (χ1v) is 8.33. The zero-order chi connectivity index (χ0) is 16.7. The molecule has 2 aromatic rings. The van der Waals surface area contributed by atoms with Gasteiger partial charge >= 0.3 is 5.97 Å². The summed E-state index contributed by atoms with van der Waals surface area (Å²) in [6, 6.07) is 9.72. The Morgan fingerprint density at radius 2 is 1.88 bits per heavy atom. The molecule has 1 saturated carbocycles. The van der Waals surface area contributed by atoms with Gasteiger partial charge in [-0.3, -0.25) is 4.79 Å². The number of hydrogen-bond acceptors (Lipinski definition) is 3. The molecule has 0 radical (unpaired) electrons. The summed E-state index contributed by atoms with van der Waals surface area (Å²) in [7, 11) is 0. The van der Waals surface area contributed by atoms with Crippen molar-refractivity contribution < 1.29 is 14.7 Å². The molecule has 0 spiro atoms. The molecule has 0 atom stereocenters. The molecule has 6 nitrogen and oxygen atoms in total. The number of carbonyl (C=O) groups is 2. The number of amides is 1. The molecule has 6 heteroatoms. The first kappa shape index (κ1) is 14.9. The molecular formula is C18H19N3O3. The van der Waals surface area contributed by atoms with Crippen molar-refractivity contribution in [1.29, 1.82) is 0 Å². The van der Waals surface area contributed by atoms with E-state index in [1.165, 1.54) is 0 Å². The maximum absolute atomic E-state index is 12.7. The molecular weight excluding hydrogens is 306 g/mol. The van der Waals surface area contributed by atoms with Crippen molar-refractivity contribution in [3.05, 3.63) is 47.3 Å². The first-order valence-electron chi connectivity index (χ1n) is 8.33. The molecule has 1 aromatic heterocycles. The Morgan fingerprint density at radius 1 is 1.12 bits per heavy atom. The Hall–Kier alpha value is -2.63. The van der Waals surface area contributed by atoms with Crippen molar-refractivity contribution in [3.63, 3.8) is 0 Å². The number of hydrogen-bond donors (Lipinski definition) is 2. The fourth-order valence-corrected chi connectivity index (χ4v) is 3.60. The van der Waals surface area contributed by atoms with E-state index in [1.807, 2.05) is 35.0 Å². The summed E-state index contributed by atoms with van der Waals surface area (Å²) >= 11 is 0. The molecule has 0 aliphatic heterocycles. The number of nitrogens with one attached hydrogen (secondary N) is 1. The summed E-state index contributed by atoms with van der Waals surface area (Å²) in [5, 5.41) is 16.7. The van der Waals surface area contributed by atoms with Gasteiger partial charge in [-0.05, 0) is 50.7 Å². The molecule has 124 valence electrons. The van der Waals surface area contributed by atoms with Gasteiger partial charge in [0.05, 0.1) is 5.69 Å². The third kappa shape index (κ3) is 2.21. The molecule has 2 aliphatic carbocycles. The molecule has 1 heterocycles. The lowest BCUT2D eigenvalue weighted by molar-refractivity contribution is -0.148. The van der Waals surface area contributed by atoms with Gasteiger partial charge in [0, 0.05) is 11.3 Å². The van der Waals surface area contributed by atoms with Crippen molar-refractivity contribution in [3.8, 4) is 5.69 Å². The van der Waals surface area contributed by atoms with Crippen molar-refractivity contribution in [1.82, 2.24) is 15.1 Å². The maximum Gasteiger partial charge on any atom is 0.329 e. The van der Waals surface area contributed by atoms with Crippen molar-refractivity contribution in [2.45, 2.75) is 44.1 Å². The molecule has 0 unspecified atom stereocenters. The molecule has 0 saturated heterocycles. The van der Waals surface area contributed by atoms with Crippen molar-refractivity contribution in [2.24, 2.45) is 0 Å². The molecule has 1 fully saturated rings. The number of carbonyl (C=O) groups excluding carboxylic acids is 1. The van der Waals surface area contributed by atoms with Crippen LogP contribution in [-0.4, -0.2) is 32.3 Å². The quantitative estimate of drug-likeness (QED) is 0.901. The smallest absolute Gasteiger partial charge is 0.329 e. The number of carboxylic acids is 1. The number of rotatable bonds is 4. The van der Waals surface area contributed by atoms with E-state index < -0.39 is 11.5 Å². The van der Waals surface area contributed by atoms with E-state index in [4.69, 9.17) is 0 Å². The number of para-hydroxylation sites is 1. The van der Waals surface area contributed by atoms with Crippen LogP contribution in [0, 0.1) is 0 Å². The average Bonchev–Trinajstić information content (AvgIpc) is 3.13. The predicted molar refractivity (Wildman–Crippen MR) is 87.3 cm³/mol. The summed E-state index contributed by atoms with van der Waals surface area (Å²) in [6.45, 7) is 0. The molecule has 4 rings (SSSR count). The number of fused-ring (bicyclic) bond motifs is 1. The minimum atomic E-state index is -1.11. The van der Waals surface area contributed by atoms with Gasteiger partial charge in [-0.15, -0.1) is 0 Å². The summed E-state index contributed by atoms with van der Waals surface area (Å²) in [5.41, 5.74) is 2.20. The topological polar surface area (TPSA) is 84.2 Å². The Labute approximate surface area is 139 Å². The molecule has 1 aromatic carbocycles. The molecule has 2 N–H and O–H groups in total. The van der Waals surface area contributed by atoms with E-state index in [1.54, 1.807) is 0 Å². The number of carboxylic acid groups (broad SMARTS) is 1. The fourth-order valence-electron chi connectivity index (χ4n) is 3.60. The molecule has 24 heavy (non-hydrogen) atoms. The Morgan fingerprint density at radius 3 is 2.50 bits per heavy atom. The average molecular weight is 325 g/mol. The summed E-state index contributed by atoms with van der Waals surface area (Å²) < 4.78 is 1.82. The van der Waals surface area contributed by atoms with Gasteiger partial charge in [0.15, 0.2) is 5.69 Å². The van der Waals surface area contributed by atoms with Crippen LogP contribution in [0.2, 0.25) is 0 Å². The molecule has 1 amide bonds. The number of benzene rings is 1. The number of nitrogens with zero attached hydrogens (tertiary/aromatic N) is 2. The second kappa shape index (κ2) is 5.47. The van der Waals surface area contributed by atoms with E-state index in [0.29, 0.717) is 18.5 Å². The Bertz CT molecular complexity index is 806. The summed E-state index contributed by atoms with van der Waals surface area (Å²) in [6.07, 6.45) is 4.47. The van der Waals surface area contributed by atoms with Crippen LogP contribution >= 0.6 is 0 Å². The standard InChI is InChI=1S/C18H19N3O3/c22-16(19-18(17(23)24)10-5-11-18)15-13-8-4-9-14(13)21(20-15)12-6-2-1-3-7-12/h1-3,6-7H,4-5,8-11H2,(H,19,22)(H,23,24). The lowest BCUT2D eigenvalue weighted by Crippen LogP contribution is -2.59. The van der Waals surface area contributed by atoms with Crippen LogP contribution < -0.4 is 5.32 Å². The molecule has 2 aliphatic rings. The van der Waals surface area contributed by atoms with E-state index in [-0.39, 0.29) is 5.91 Å². The minimum absolute atomic E-state index is 0.370. The fraction of sp³-hybridized carbons (Fsp3) is 0.389. The van der Waals surface area contributed by atoms with Gasteiger partial charge in [-0.2, -0.15) is 5.10 Å². The van der Waals surface area contributed by atoms with E-state index in [2.05, 4.69) is 10.4 Å². The van der Waals surface area contributed by atoms with Gasteiger partial charge < -0.3 is 10.4 Å². The normalized spacial score (nSPS) is 17.8. The van der Waals surface area contributed by atoms with Crippen molar-refractivity contribution in [2.75, 3.05) is 0 Å². The first-order chi connectivity index (χ1) is 11.6. The predicted octanol–water partition coefficient (Wildman–Crippen LogP) is 2.10. The zero-order valence-corrected chi connectivity index (χ0v) is 13.3. The monoisotopic (exact) mass is 325 g/mol. The Kier molecular flexibility index (Phi) is 3.40. The van der Waals surface area contributed by atoms with Crippen LogP contribution in [0.5, 0.6) is 0 Å². The highest BCUT2D eigenvalue weighted by molar-refractivity contribution is 5.98. The zero-order valence-electron chi connectivity index (χ0n) is 13.3. The lowest BCUT2D eigenvalue weighted by atomic mass is 9.76. The summed E-state index contributed by atoms with van der Waals surface area (Å²) in [5.74, 6) is -1.33. The second-order valence-corrected chi connectivity index (χ2v) is 6.57. The highest BCUT2D eigenvalue weighted by Gasteiger charge is 2.46. The highest BCUT2D eigenvalue weighted by atomic mass is 16.4. The largest absolute Gasteiger partial charge is 0.480 e. The van der Waals surface area contributed by atoms with E-state index in [0.717, 1.165) is 42.6 Å². The van der Waals surface area contributed by atoms with Crippen LogP contribution in [0.4, 0.5) is 0 Å². The molecule has 0 bridgehead atoms. The third-order valence-electron chi connectivity index (χ3n) is 5.12.